The summed E-state index contributed by atoms with van der Waals surface area (Å²) in [5, 5.41) is 5.09. The van der Waals surface area contributed by atoms with Gasteiger partial charge in [0.15, 0.2) is 6.54 Å². The molecule has 2 aromatic carbocycles. The molecule has 3 nitrogen and oxygen atoms in total. The van der Waals surface area contributed by atoms with Gasteiger partial charge in [-0.2, -0.15) is 0 Å². The number of nitrogens with one attached hydrogen (secondary N) is 1. The van der Waals surface area contributed by atoms with E-state index in [0.717, 1.165) is 9.26 Å². The summed E-state index contributed by atoms with van der Waals surface area (Å²) in [5.41, 5.74) is 2.14. The van der Waals surface area contributed by atoms with Crippen LogP contribution in [0.5, 0.6) is 0 Å². The second kappa shape index (κ2) is 8.29. The van der Waals surface area contributed by atoms with E-state index in [1.54, 1.807) is 0 Å². The van der Waals surface area contributed by atoms with Crippen LogP contribution in [0, 0.1) is 9.49 Å². The molecule has 0 saturated carbocycles. The Labute approximate surface area is 145 Å². The van der Waals surface area contributed by atoms with Crippen LogP contribution in [-0.2, 0) is 4.79 Å². The molecular weight excluding hydrogens is 387 g/mol. The number of carbonyl (C=O) groups is 1. The highest BCUT2D eigenvalue weighted by molar-refractivity contribution is 14.1. The maximum Gasteiger partial charge on any atom is 0.279 e. The highest BCUT2D eigenvalue weighted by Gasteiger charge is 2.20. The molecule has 0 unspecified atom stereocenters. The minimum Gasteiger partial charge on any atom is -0.332 e. The van der Waals surface area contributed by atoms with Crippen LogP contribution in [0.1, 0.15) is 25.5 Å². The highest BCUT2D eigenvalue weighted by Crippen LogP contribution is 2.18. The molecule has 0 aliphatic heterocycles. The van der Waals surface area contributed by atoms with E-state index in [1.807, 2.05) is 42.5 Å². The topological polar surface area (TPSA) is 45.7 Å². The molecule has 0 fully saturated rings. The number of hydrogen-bond acceptors (Lipinski definition) is 1. The number of para-hydroxylation sites is 1. The van der Waals surface area contributed by atoms with Crippen LogP contribution in [-0.4, -0.2) is 12.5 Å². The summed E-state index contributed by atoms with van der Waals surface area (Å²) in [6, 6.07) is 18.5. The lowest BCUT2D eigenvalue weighted by molar-refractivity contribution is -0.692. The summed E-state index contributed by atoms with van der Waals surface area (Å²) >= 11 is 2.23. The van der Waals surface area contributed by atoms with Crippen LogP contribution in [0.3, 0.4) is 0 Å². The van der Waals surface area contributed by atoms with Crippen molar-refractivity contribution in [2.75, 3.05) is 11.9 Å². The minimum atomic E-state index is 0.0331. The molecule has 0 aromatic heterocycles. The van der Waals surface area contributed by atoms with Crippen LogP contribution in [0.15, 0.2) is 54.6 Å². The molecule has 22 heavy (non-hydrogen) atoms. The SMILES string of the molecule is CC(C)[C@H]([NH2+]CC(=O)Nc1ccccc1I)c1ccccc1. The first-order valence-corrected chi connectivity index (χ1v) is 8.58. The van der Waals surface area contributed by atoms with E-state index in [9.17, 15) is 4.79 Å². The van der Waals surface area contributed by atoms with E-state index in [0.29, 0.717) is 18.5 Å². The Balaban J connectivity index is 1.95. The first kappa shape index (κ1) is 17.0. The van der Waals surface area contributed by atoms with Crippen LogP contribution < -0.4 is 10.6 Å². The van der Waals surface area contributed by atoms with Gasteiger partial charge in [0, 0.05) is 15.1 Å². The molecule has 0 radical (unpaired) electrons. The number of anilines is 1. The molecule has 0 saturated heterocycles. The number of halogens is 1. The van der Waals surface area contributed by atoms with Gasteiger partial charge in [-0.1, -0.05) is 56.3 Å². The van der Waals surface area contributed by atoms with Crippen LogP contribution in [0.4, 0.5) is 5.69 Å². The summed E-state index contributed by atoms with van der Waals surface area (Å²) < 4.78 is 1.05. The molecule has 2 rings (SSSR count). The summed E-state index contributed by atoms with van der Waals surface area (Å²) in [4.78, 5) is 12.2. The van der Waals surface area contributed by atoms with E-state index in [-0.39, 0.29) is 5.91 Å². The van der Waals surface area contributed by atoms with Crippen LogP contribution in [0.2, 0.25) is 0 Å². The van der Waals surface area contributed by atoms with Crippen LogP contribution in [0.25, 0.3) is 0 Å². The third-order valence-corrected chi connectivity index (χ3v) is 4.55. The Hall–Kier alpha value is -1.40. The number of rotatable bonds is 6. The van der Waals surface area contributed by atoms with Gasteiger partial charge >= 0.3 is 0 Å². The lowest BCUT2D eigenvalue weighted by Gasteiger charge is -2.19. The third kappa shape index (κ3) is 4.81. The largest absolute Gasteiger partial charge is 0.332 e. The molecule has 116 valence electrons. The van der Waals surface area contributed by atoms with Crippen molar-refractivity contribution in [1.29, 1.82) is 0 Å². The van der Waals surface area contributed by atoms with Gasteiger partial charge in [0.2, 0.25) is 0 Å². The summed E-state index contributed by atoms with van der Waals surface area (Å²) in [7, 11) is 0. The Morgan fingerprint density at radius 2 is 1.73 bits per heavy atom. The van der Waals surface area contributed by atoms with Gasteiger partial charge in [0.25, 0.3) is 5.91 Å². The van der Waals surface area contributed by atoms with Crippen molar-refractivity contribution < 1.29 is 10.1 Å². The summed E-state index contributed by atoms with van der Waals surface area (Å²) in [5.74, 6) is 0.498. The first-order chi connectivity index (χ1) is 10.6. The predicted octanol–water partition coefficient (Wildman–Crippen LogP) is 3.19. The summed E-state index contributed by atoms with van der Waals surface area (Å²) in [6.45, 7) is 4.79. The van der Waals surface area contributed by atoms with Crippen molar-refractivity contribution in [3.63, 3.8) is 0 Å². The first-order valence-electron chi connectivity index (χ1n) is 7.50. The molecule has 0 spiro atoms. The number of carbonyl (C=O) groups excluding carboxylic acids is 1. The van der Waals surface area contributed by atoms with Crippen LogP contribution >= 0.6 is 22.6 Å². The van der Waals surface area contributed by atoms with Gasteiger partial charge in [-0.05, 0) is 34.7 Å². The van der Waals surface area contributed by atoms with E-state index in [2.05, 4.69) is 59.2 Å². The molecule has 0 heterocycles. The van der Waals surface area contributed by atoms with Crippen molar-refractivity contribution in [1.82, 2.24) is 0 Å². The zero-order chi connectivity index (χ0) is 15.9. The summed E-state index contributed by atoms with van der Waals surface area (Å²) in [6.07, 6.45) is 0. The van der Waals surface area contributed by atoms with Gasteiger partial charge in [-0.3, -0.25) is 4.79 Å². The lowest BCUT2D eigenvalue weighted by atomic mass is 9.96. The number of quaternary nitrogens is 1. The second-order valence-electron chi connectivity index (χ2n) is 5.65. The van der Waals surface area contributed by atoms with E-state index in [1.165, 1.54) is 5.56 Å². The average Bonchev–Trinajstić information content (AvgIpc) is 2.50. The van der Waals surface area contributed by atoms with E-state index < -0.39 is 0 Å². The smallest absolute Gasteiger partial charge is 0.279 e. The molecule has 2 aromatic rings. The molecular formula is C18H22IN2O+. The third-order valence-electron chi connectivity index (χ3n) is 3.61. The maximum absolute atomic E-state index is 12.2. The van der Waals surface area contributed by atoms with Crippen molar-refractivity contribution >= 4 is 34.2 Å². The molecule has 1 atom stereocenters. The molecule has 0 aliphatic carbocycles. The lowest BCUT2D eigenvalue weighted by Crippen LogP contribution is -2.88. The van der Waals surface area contributed by atoms with Gasteiger partial charge in [0.05, 0.1) is 5.69 Å². The fourth-order valence-corrected chi connectivity index (χ4v) is 2.99. The molecule has 3 N–H and O–H groups in total. The zero-order valence-corrected chi connectivity index (χ0v) is 15.1. The fraction of sp³-hybridized carbons (Fsp3) is 0.278. The van der Waals surface area contributed by atoms with Crippen molar-refractivity contribution in [3.05, 3.63) is 63.7 Å². The Morgan fingerprint density at radius 1 is 1.09 bits per heavy atom. The number of benzene rings is 2. The van der Waals surface area contributed by atoms with Gasteiger partial charge in [-0.15, -0.1) is 0 Å². The number of nitrogens with two attached hydrogens (primary N) is 1. The molecule has 0 aliphatic rings. The Kier molecular flexibility index (Phi) is 6.39. The van der Waals surface area contributed by atoms with Crippen molar-refractivity contribution in [2.24, 2.45) is 5.92 Å². The minimum absolute atomic E-state index is 0.0331. The van der Waals surface area contributed by atoms with Gasteiger partial charge < -0.3 is 10.6 Å². The second-order valence-corrected chi connectivity index (χ2v) is 6.81. The highest BCUT2D eigenvalue weighted by atomic mass is 127. The number of hydrogen-bond donors (Lipinski definition) is 2. The normalized spacial score (nSPS) is 12.2. The fourth-order valence-electron chi connectivity index (χ4n) is 2.47. The zero-order valence-electron chi connectivity index (χ0n) is 12.9. The standard InChI is InChI=1S/C18H21IN2O/c1-13(2)18(14-8-4-3-5-9-14)20-12-17(22)21-16-11-7-6-10-15(16)19/h3-11,13,18,20H,12H2,1-2H3,(H,21,22)/p+1/t18-/m0/s1. The predicted molar refractivity (Wildman–Crippen MR) is 98.6 cm³/mol. The Bertz CT molecular complexity index is 613. The van der Waals surface area contributed by atoms with Gasteiger partial charge in [-0.25, -0.2) is 0 Å². The van der Waals surface area contributed by atoms with Crippen molar-refractivity contribution in [3.8, 4) is 0 Å². The monoisotopic (exact) mass is 409 g/mol. The van der Waals surface area contributed by atoms with Gasteiger partial charge in [0.1, 0.15) is 6.04 Å². The van der Waals surface area contributed by atoms with Crippen molar-refractivity contribution in [2.45, 2.75) is 19.9 Å². The quantitative estimate of drug-likeness (QED) is 0.708. The maximum atomic E-state index is 12.2. The molecule has 0 bridgehead atoms. The molecule has 1 amide bonds. The van der Waals surface area contributed by atoms with E-state index >= 15 is 0 Å². The molecule has 4 heteroatoms. The van der Waals surface area contributed by atoms with E-state index in [4.69, 9.17) is 0 Å². The number of amides is 1. The average molecular weight is 409 g/mol. The Morgan fingerprint density at radius 3 is 2.36 bits per heavy atom.